The van der Waals surface area contributed by atoms with Crippen molar-refractivity contribution in [3.8, 4) is 0 Å². The summed E-state index contributed by atoms with van der Waals surface area (Å²) in [6.07, 6.45) is 3.86. The molecule has 0 aliphatic heterocycles. The maximum absolute atomic E-state index is 4.62. The number of fused-ring (bicyclic) bond motifs is 1. The first-order valence-electron chi connectivity index (χ1n) is 9.45. The van der Waals surface area contributed by atoms with Crippen LogP contribution < -0.4 is 10.6 Å². The minimum Gasteiger partial charge on any atom is -0.356 e. The van der Waals surface area contributed by atoms with Gasteiger partial charge in [-0.25, -0.2) is 4.98 Å². The van der Waals surface area contributed by atoms with Crippen LogP contribution in [0.15, 0.2) is 47.6 Å². The molecule has 0 fully saturated rings. The first-order valence-corrected chi connectivity index (χ1v) is 9.45. The van der Waals surface area contributed by atoms with Crippen molar-refractivity contribution in [3.63, 3.8) is 0 Å². The number of para-hydroxylation sites is 2. The van der Waals surface area contributed by atoms with Gasteiger partial charge in [-0.2, -0.15) is 0 Å². The molecule has 28 heavy (non-hydrogen) atoms. The summed E-state index contributed by atoms with van der Waals surface area (Å²) in [5.41, 5.74) is 4.53. The molecule has 0 aliphatic rings. The molecule has 0 saturated heterocycles. The summed E-state index contributed by atoms with van der Waals surface area (Å²) in [6.45, 7) is 6.69. The number of halogens is 1. The third-order valence-electron chi connectivity index (χ3n) is 4.60. The van der Waals surface area contributed by atoms with E-state index in [4.69, 9.17) is 0 Å². The summed E-state index contributed by atoms with van der Waals surface area (Å²) >= 11 is 0. The number of hydrogen-bond donors (Lipinski definition) is 2. The lowest BCUT2D eigenvalue weighted by molar-refractivity contribution is 0.624. The molecule has 3 rings (SSSR count). The van der Waals surface area contributed by atoms with Crippen LogP contribution in [0.5, 0.6) is 0 Å². The highest BCUT2D eigenvalue weighted by Gasteiger charge is 2.06. The molecule has 0 unspecified atom stereocenters. The van der Waals surface area contributed by atoms with E-state index in [-0.39, 0.29) is 24.0 Å². The van der Waals surface area contributed by atoms with E-state index in [2.05, 4.69) is 61.4 Å². The first kappa shape index (κ1) is 22.1. The minimum absolute atomic E-state index is 0. The van der Waals surface area contributed by atoms with Gasteiger partial charge in [0.1, 0.15) is 5.82 Å². The highest BCUT2D eigenvalue weighted by atomic mass is 127. The third-order valence-corrected chi connectivity index (χ3v) is 4.60. The van der Waals surface area contributed by atoms with Gasteiger partial charge in [0.25, 0.3) is 0 Å². The second-order valence-corrected chi connectivity index (χ2v) is 6.64. The van der Waals surface area contributed by atoms with Gasteiger partial charge in [-0.3, -0.25) is 9.98 Å². The highest BCUT2D eigenvalue weighted by Crippen LogP contribution is 2.15. The molecule has 6 nitrogen and oxygen atoms in total. The van der Waals surface area contributed by atoms with Gasteiger partial charge in [0.05, 0.1) is 11.0 Å². The van der Waals surface area contributed by atoms with Gasteiger partial charge in [0.15, 0.2) is 5.96 Å². The Hall–Kier alpha value is -2.16. The topological polar surface area (TPSA) is 67.1 Å². The molecule has 150 valence electrons. The molecule has 0 spiro atoms. The van der Waals surface area contributed by atoms with Gasteiger partial charge in [0.2, 0.25) is 0 Å². The second kappa shape index (κ2) is 11.0. The molecular weight excluding hydrogens is 463 g/mol. The van der Waals surface area contributed by atoms with Gasteiger partial charge in [-0.05, 0) is 50.5 Å². The molecule has 0 radical (unpaired) electrons. The maximum Gasteiger partial charge on any atom is 0.190 e. The predicted molar refractivity (Wildman–Crippen MR) is 127 cm³/mol. The number of aryl methyl sites for hydroxylation is 3. The van der Waals surface area contributed by atoms with Crippen molar-refractivity contribution < 1.29 is 0 Å². The Labute approximate surface area is 183 Å². The molecular formula is C21H29IN6. The second-order valence-electron chi connectivity index (χ2n) is 6.64. The maximum atomic E-state index is 4.62. The van der Waals surface area contributed by atoms with Crippen molar-refractivity contribution in [3.05, 3.63) is 59.7 Å². The number of nitrogens with one attached hydrogen (secondary N) is 2. The fourth-order valence-corrected chi connectivity index (χ4v) is 3.11. The monoisotopic (exact) mass is 492 g/mol. The van der Waals surface area contributed by atoms with E-state index in [0.29, 0.717) is 0 Å². The standard InChI is InChI=1S/C21H28N6.HI/c1-16-9-10-18(15-25-16)11-13-24-21(22-3)23-12-6-14-27-17(2)26-19-7-4-5-8-20(19)27;/h4-5,7-10,15H,6,11-14H2,1-3H3,(H2,22,23,24);1H. The fourth-order valence-electron chi connectivity index (χ4n) is 3.11. The van der Waals surface area contributed by atoms with Crippen LogP contribution >= 0.6 is 24.0 Å². The highest BCUT2D eigenvalue weighted by molar-refractivity contribution is 14.0. The van der Waals surface area contributed by atoms with Crippen LogP contribution in [-0.2, 0) is 13.0 Å². The smallest absolute Gasteiger partial charge is 0.190 e. The van der Waals surface area contributed by atoms with Gasteiger partial charge in [-0.1, -0.05) is 18.2 Å². The zero-order valence-corrected chi connectivity index (χ0v) is 19.1. The summed E-state index contributed by atoms with van der Waals surface area (Å²) in [5.74, 6) is 1.90. The van der Waals surface area contributed by atoms with Crippen LogP contribution in [0.25, 0.3) is 11.0 Å². The predicted octanol–water partition coefficient (Wildman–Crippen LogP) is 3.46. The van der Waals surface area contributed by atoms with E-state index in [9.17, 15) is 0 Å². The number of aliphatic imine (C=N–C) groups is 1. The molecule has 2 N–H and O–H groups in total. The Morgan fingerprint density at radius 2 is 1.86 bits per heavy atom. The Morgan fingerprint density at radius 3 is 2.61 bits per heavy atom. The van der Waals surface area contributed by atoms with Crippen LogP contribution in [0.3, 0.4) is 0 Å². The Bertz CT molecular complexity index is 901. The quantitative estimate of drug-likeness (QED) is 0.230. The van der Waals surface area contributed by atoms with Crippen LogP contribution in [-0.4, -0.2) is 40.6 Å². The number of guanidine groups is 1. The summed E-state index contributed by atoms with van der Waals surface area (Å²) in [6, 6.07) is 12.5. The number of aromatic nitrogens is 3. The Kier molecular flexibility index (Phi) is 8.69. The number of benzene rings is 1. The number of pyridine rings is 1. The molecule has 3 aromatic rings. The Balaban J connectivity index is 0.00000280. The van der Waals surface area contributed by atoms with Crippen LogP contribution in [0, 0.1) is 13.8 Å². The lowest BCUT2D eigenvalue weighted by atomic mass is 10.2. The fraction of sp³-hybridized carbons (Fsp3) is 0.381. The van der Waals surface area contributed by atoms with Crippen molar-refractivity contribution >= 4 is 41.0 Å². The van der Waals surface area contributed by atoms with E-state index in [0.717, 1.165) is 55.5 Å². The number of imidazole rings is 1. The molecule has 0 saturated carbocycles. The van der Waals surface area contributed by atoms with Gasteiger partial charge >= 0.3 is 0 Å². The zero-order valence-electron chi connectivity index (χ0n) is 16.8. The average Bonchev–Trinajstić information content (AvgIpc) is 3.00. The van der Waals surface area contributed by atoms with Crippen molar-refractivity contribution in [2.24, 2.45) is 4.99 Å². The molecule has 0 amide bonds. The minimum atomic E-state index is 0. The molecule has 0 bridgehead atoms. The van der Waals surface area contributed by atoms with Crippen LogP contribution in [0.1, 0.15) is 23.5 Å². The Morgan fingerprint density at radius 1 is 1.07 bits per heavy atom. The van der Waals surface area contributed by atoms with E-state index in [1.165, 1.54) is 11.1 Å². The normalized spacial score (nSPS) is 11.3. The SMILES string of the molecule is CN=C(NCCCn1c(C)nc2ccccc21)NCCc1ccc(C)nc1.I. The number of nitrogens with zero attached hydrogens (tertiary/aromatic N) is 4. The molecule has 2 heterocycles. The van der Waals surface area contributed by atoms with Crippen molar-refractivity contribution in [1.29, 1.82) is 0 Å². The third kappa shape index (κ3) is 5.92. The van der Waals surface area contributed by atoms with Gasteiger partial charge in [0, 0.05) is 38.6 Å². The lowest BCUT2D eigenvalue weighted by Crippen LogP contribution is -2.39. The van der Waals surface area contributed by atoms with Gasteiger partial charge in [-0.15, -0.1) is 24.0 Å². The largest absolute Gasteiger partial charge is 0.356 e. The molecule has 2 aromatic heterocycles. The van der Waals surface area contributed by atoms with Crippen LogP contribution in [0.4, 0.5) is 0 Å². The van der Waals surface area contributed by atoms with E-state index in [1.807, 2.05) is 25.3 Å². The number of rotatable bonds is 7. The van der Waals surface area contributed by atoms with Gasteiger partial charge < -0.3 is 15.2 Å². The van der Waals surface area contributed by atoms with Crippen molar-refractivity contribution in [2.45, 2.75) is 33.2 Å². The van der Waals surface area contributed by atoms with Crippen molar-refractivity contribution in [2.75, 3.05) is 20.1 Å². The van der Waals surface area contributed by atoms with E-state index >= 15 is 0 Å². The van der Waals surface area contributed by atoms with Crippen LogP contribution in [0.2, 0.25) is 0 Å². The van der Waals surface area contributed by atoms with E-state index < -0.39 is 0 Å². The average molecular weight is 492 g/mol. The summed E-state index contributed by atoms with van der Waals surface area (Å²) in [4.78, 5) is 13.2. The van der Waals surface area contributed by atoms with Crippen molar-refractivity contribution in [1.82, 2.24) is 25.2 Å². The summed E-state index contributed by atoms with van der Waals surface area (Å²) in [7, 11) is 1.80. The molecule has 1 aromatic carbocycles. The summed E-state index contributed by atoms with van der Waals surface area (Å²) in [5, 5.41) is 6.74. The molecule has 7 heteroatoms. The lowest BCUT2D eigenvalue weighted by Gasteiger charge is -2.12. The molecule has 0 aliphatic carbocycles. The first-order chi connectivity index (χ1) is 13.2. The van der Waals surface area contributed by atoms with E-state index in [1.54, 1.807) is 7.05 Å². The summed E-state index contributed by atoms with van der Waals surface area (Å²) < 4.78 is 2.28. The number of hydrogen-bond acceptors (Lipinski definition) is 3. The molecule has 0 atom stereocenters. The zero-order chi connectivity index (χ0) is 19.1.